The lowest BCUT2D eigenvalue weighted by atomic mass is 10.1. The third-order valence-corrected chi connectivity index (χ3v) is 4.72. The molecule has 3 N–H and O–H groups in total. The lowest BCUT2D eigenvalue weighted by Gasteiger charge is -2.26. The first-order valence-corrected chi connectivity index (χ1v) is 9.76. The predicted octanol–water partition coefficient (Wildman–Crippen LogP) is 1.94. The molecule has 0 radical (unpaired) electrons. The van der Waals surface area contributed by atoms with E-state index in [4.69, 9.17) is 15.2 Å². The molecule has 1 saturated heterocycles. The molecular formula is C20H23FN8O2. The van der Waals surface area contributed by atoms with Crippen molar-refractivity contribution in [2.45, 2.75) is 13.5 Å². The summed E-state index contributed by atoms with van der Waals surface area (Å²) in [6.07, 6.45) is 3.23. The minimum atomic E-state index is -0.585. The van der Waals surface area contributed by atoms with Crippen LogP contribution in [-0.2, 0) is 11.3 Å². The molecule has 10 nitrogen and oxygen atoms in total. The number of ether oxygens (including phenoxy) is 2. The Bertz CT molecular complexity index is 1050. The Balaban J connectivity index is 1.70. The number of hydrogen-bond acceptors (Lipinski definition) is 10. The minimum absolute atomic E-state index is 0.0829. The maximum absolute atomic E-state index is 14.1. The SMILES string of the molecule is COc1ncc(Nc2ncc(CN3CCOCC3)cc2-c2nc(C)nc(N)n2)cc1F. The minimum Gasteiger partial charge on any atom is -0.479 e. The van der Waals surface area contributed by atoms with Crippen molar-refractivity contribution in [2.24, 2.45) is 0 Å². The molecule has 1 aliphatic heterocycles. The van der Waals surface area contributed by atoms with Crippen LogP contribution in [0.5, 0.6) is 5.88 Å². The van der Waals surface area contributed by atoms with Gasteiger partial charge in [0, 0.05) is 31.9 Å². The molecule has 0 aromatic carbocycles. The Morgan fingerprint density at radius 3 is 2.68 bits per heavy atom. The summed E-state index contributed by atoms with van der Waals surface area (Å²) in [6.45, 7) is 5.57. The van der Waals surface area contributed by atoms with E-state index in [0.29, 0.717) is 48.5 Å². The fraction of sp³-hybridized carbons (Fsp3) is 0.350. The molecule has 0 spiro atoms. The monoisotopic (exact) mass is 426 g/mol. The standard InChI is InChI=1S/C20H23FN8O2/c1-12-25-18(28-20(22)26-12)15-7-13(11-29-3-5-31-6-4-29)9-23-17(15)27-14-8-16(21)19(30-2)24-10-14/h7-10H,3-6,11H2,1-2H3,(H,23,27)(H2,22,25,26,28). The summed E-state index contributed by atoms with van der Waals surface area (Å²) in [6, 6.07) is 3.23. The van der Waals surface area contributed by atoms with Gasteiger partial charge in [0.25, 0.3) is 0 Å². The number of pyridine rings is 2. The maximum Gasteiger partial charge on any atom is 0.250 e. The largest absolute Gasteiger partial charge is 0.479 e. The molecular weight excluding hydrogens is 403 g/mol. The highest BCUT2D eigenvalue weighted by Crippen LogP contribution is 2.29. The highest BCUT2D eigenvalue weighted by Gasteiger charge is 2.17. The lowest BCUT2D eigenvalue weighted by molar-refractivity contribution is 0.0341. The number of rotatable bonds is 6. The molecule has 0 atom stereocenters. The van der Waals surface area contributed by atoms with Crippen LogP contribution >= 0.6 is 0 Å². The number of methoxy groups -OCH3 is 1. The molecule has 3 aromatic heterocycles. The van der Waals surface area contributed by atoms with Gasteiger partial charge in [-0.3, -0.25) is 4.90 Å². The molecule has 0 saturated carbocycles. The van der Waals surface area contributed by atoms with Crippen molar-refractivity contribution in [3.63, 3.8) is 0 Å². The van der Waals surface area contributed by atoms with Crippen molar-refractivity contribution < 1.29 is 13.9 Å². The summed E-state index contributed by atoms with van der Waals surface area (Å²) >= 11 is 0. The van der Waals surface area contributed by atoms with Crippen LogP contribution in [0, 0.1) is 12.7 Å². The molecule has 162 valence electrons. The number of hydrogen-bond donors (Lipinski definition) is 2. The Labute approximate surface area is 178 Å². The molecule has 1 fully saturated rings. The zero-order valence-electron chi connectivity index (χ0n) is 17.3. The van der Waals surface area contributed by atoms with Gasteiger partial charge in [-0.05, 0) is 18.6 Å². The second-order valence-corrected chi connectivity index (χ2v) is 7.03. The number of anilines is 3. The zero-order valence-corrected chi connectivity index (χ0v) is 17.3. The van der Waals surface area contributed by atoms with E-state index < -0.39 is 5.82 Å². The lowest BCUT2D eigenvalue weighted by Crippen LogP contribution is -2.35. The fourth-order valence-electron chi connectivity index (χ4n) is 3.29. The molecule has 0 aliphatic carbocycles. The number of nitrogens with one attached hydrogen (secondary N) is 1. The van der Waals surface area contributed by atoms with Crippen LogP contribution in [0.4, 0.5) is 21.8 Å². The molecule has 4 rings (SSSR count). The van der Waals surface area contributed by atoms with Crippen molar-refractivity contribution in [3.05, 3.63) is 41.7 Å². The van der Waals surface area contributed by atoms with Crippen LogP contribution in [0.1, 0.15) is 11.4 Å². The summed E-state index contributed by atoms with van der Waals surface area (Å²) in [5, 5.41) is 3.09. The summed E-state index contributed by atoms with van der Waals surface area (Å²) in [5.74, 6) is 0.764. The summed E-state index contributed by atoms with van der Waals surface area (Å²) in [4.78, 5) is 23.5. The average molecular weight is 426 g/mol. The Kier molecular flexibility index (Phi) is 6.14. The van der Waals surface area contributed by atoms with Crippen LogP contribution in [-0.4, -0.2) is 63.2 Å². The van der Waals surface area contributed by atoms with Gasteiger partial charge in [0.1, 0.15) is 11.6 Å². The first kappa shape index (κ1) is 20.8. The van der Waals surface area contributed by atoms with E-state index in [-0.39, 0.29) is 11.8 Å². The molecule has 3 aromatic rings. The van der Waals surface area contributed by atoms with Crippen molar-refractivity contribution in [3.8, 4) is 17.3 Å². The summed E-state index contributed by atoms with van der Waals surface area (Å²) in [5.41, 5.74) is 7.86. The normalized spacial score (nSPS) is 14.4. The van der Waals surface area contributed by atoms with E-state index in [0.717, 1.165) is 18.7 Å². The number of nitrogen functional groups attached to an aromatic ring is 1. The first-order valence-electron chi connectivity index (χ1n) is 9.76. The Morgan fingerprint density at radius 1 is 1.16 bits per heavy atom. The van der Waals surface area contributed by atoms with Gasteiger partial charge in [-0.1, -0.05) is 0 Å². The smallest absolute Gasteiger partial charge is 0.250 e. The predicted molar refractivity (Wildman–Crippen MR) is 112 cm³/mol. The Morgan fingerprint density at radius 2 is 1.97 bits per heavy atom. The molecule has 31 heavy (non-hydrogen) atoms. The number of halogens is 1. The third-order valence-electron chi connectivity index (χ3n) is 4.72. The van der Waals surface area contributed by atoms with Crippen LogP contribution < -0.4 is 15.8 Å². The number of aryl methyl sites for hydroxylation is 1. The van der Waals surface area contributed by atoms with Crippen LogP contribution in [0.15, 0.2) is 24.5 Å². The number of nitrogens with zero attached hydrogens (tertiary/aromatic N) is 6. The highest BCUT2D eigenvalue weighted by molar-refractivity contribution is 5.75. The van der Waals surface area contributed by atoms with Gasteiger partial charge in [-0.2, -0.15) is 9.97 Å². The number of nitrogens with two attached hydrogens (primary N) is 1. The molecule has 4 heterocycles. The van der Waals surface area contributed by atoms with Gasteiger partial charge >= 0.3 is 0 Å². The number of aromatic nitrogens is 5. The molecule has 0 amide bonds. The van der Waals surface area contributed by atoms with Gasteiger partial charge < -0.3 is 20.5 Å². The molecule has 0 unspecified atom stereocenters. The third kappa shape index (κ3) is 5.01. The van der Waals surface area contributed by atoms with E-state index in [2.05, 4.69) is 35.1 Å². The van der Waals surface area contributed by atoms with Gasteiger partial charge in [0.15, 0.2) is 11.6 Å². The average Bonchev–Trinajstić information content (AvgIpc) is 2.75. The van der Waals surface area contributed by atoms with Gasteiger partial charge in [-0.25, -0.2) is 19.3 Å². The molecule has 0 bridgehead atoms. The first-order chi connectivity index (χ1) is 15.0. The second kappa shape index (κ2) is 9.14. The van der Waals surface area contributed by atoms with E-state index >= 15 is 0 Å². The van der Waals surface area contributed by atoms with Crippen molar-refractivity contribution in [1.82, 2.24) is 29.8 Å². The maximum atomic E-state index is 14.1. The van der Waals surface area contributed by atoms with Crippen LogP contribution in [0.25, 0.3) is 11.4 Å². The quantitative estimate of drug-likeness (QED) is 0.604. The van der Waals surface area contributed by atoms with E-state index in [9.17, 15) is 4.39 Å². The summed E-state index contributed by atoms with van der Waals surface area (Å²) < 4.78 is 24.4. The summed E-state index contributed by atoms with van der Waals surface area (Å²) in [7, 11) is 1.36. The van der Waals surface area contributed by atoms with Gasteiger partial charge in [0.05, 0.1) is 37.8 Å². The van der Waals surface area contributed by atoms with Gasteiger partial charge in [0.2, 0.25) is 11.8 Å². The van der Waals surface area contributed by atoms with E-state index in [1.165, 1.54) is 19.4 Å². The van der Waals surface area contributed by atoms with Crippen molar-refractivity contribution in [2.75, 3.05) is 44.5 Å². The topological polar surface area (TPSA) is 124 Å². The van der Waals surface area contributed by atoms with Gasteiger partial charge in [-0.15, -0.1) is 0 Å². The van der Waals surface area contributed by atoms with Crippen LogP contribution in [0.2, 0.25) is 0 Å². The van der Waals surface area contributed by atoms with Crippen molar-refractivity contribution >= 4 is 17.5 Å². The van der Waals surface area contributed by atoms with Crippen molar-refractivity contribution in [1.29, 1.82) is 0 Å². The van der Waals surface area contributed by atoms with E-state index in [1.54, 1.807) is 13.1 Å². The zero-order chi connectivity index (χ0) is 21.8. The fourth-order valence-corrected chi connectivity index (χ4v) is 3.29. The Hall–Kier alpha value is -3.44. The molecule has 1 aliphatic rings. The van der Waals surface area contributed by atoms with E-state index in [1.807, 2.05) is 6.07 Å². The number of morpholine rings is 1. The highest BCUT2D eigenvalue weighted by atomic mass is 19.1. The second-order valence-electron chi connectivity index (χ2n) is 7.03. The molecule has 11 heteroatoms. The van der Waals surface area contributed by atoms with Crippen LogP contribution in [0.3, 0.4) is 0 Å².